The number of likely N-dealkylation sites (tertiary alicyclic amines) is 1. The van der Waals surface area contributed by atoms with Crippen molar-refractivity contribution in [2.75, 3.05) is 26.7 Å². The molecule has 0 spiro atoms. The summed E-state index contributed by atoms with van der Waals surface area (Å²) in [6.45, 7) is 2.40. The Labute approximate surface area is 95.9 Å². The van der Waals surface area contributed by atoms with Crippen LogP contribution in [0.1, 0.15) is 32.1 Å². The van der Waals surface area contributed by atoms with Gasteiger partial charge in [-0.25, -0.2) is 0 Å². The highest BCUT2D eigenvalue weighted by molar-refractivity contribution is 6.07. The van der Waals surface area contributed by atoms with E-state index in [1.165, 1.54) is 26.4 Å². The smallest absolute Gasteiger partial charge is 0.319 e. The Morgan fingerprint density at radius 1 is 1.19 bits per heavy atom. The van der Waals surface area contributed by atoms with E-state index in [1.807, 2.05) is 0 Å². The molecule has 2 rings (SSSR count). The van der Waals surface area contributed by atoms with Gasteiger partial charge in [-0.3, -0.25) is 14.5 Å². The van der Waals surface area contributed by atoms with Gasteiger partial charge in [-0.05, 0) is 38.8 Å². The molecule has 2 fully saturated rings. The summed E-state index contributed by atoms with van der Waals surface area (Å²) < 4.78 is 4.71. The largest absolute Gasteiger partial charge is 0.468 e. The van der Waals surface area contributed by atoms with Crippen molar-refractivity contribution in [1.82, 2.24) is 4.90 Å². The third kappa shape index (κ3) is 2.12. The van der Waals surface area contributed by atoms with E-state index in [4.69, 9.17) is 4.74 Å². The maximum atomic E-state index is 12.1. The van der Waals surface area contributed by atoms with Crippen LogP contribution in [0.2, 0.25) is 0 Å². The first-order valence-electron chi connectivity index (χ1n) is 6.03. The van der Waals surface area contributed by atoms with Gasteiger partial charge in [0.05, 0.1) is 13.7 Å². The van der Waals surface area contributed by atoms with Crippen molar-refractivity contribution in [3.05, 3.63) is 0 Å². The molecule has 4 heteroatoms. The van der Waals surface area contributed by atoms with Crippen LogP contribution in [0.4, 0.5) is 0 Å². The first-order valence-corrected chi connectivity index (χ1v) is 6.03. The summed E-state index contributed by atoms with van der Waals surface area (Å²) in [6, 6.07) is 0. The van der Waals surface area contributed by atoms with Crippen molar-refractivity contribution in [3.63, 3.8) is 0 Å². The molecule has 0 bridgehead atoms. The maximum absolute atomic E-state index is 12.1. The average molecular weight is 225 g/mol. The van der Waals surface area contributed by atoms with Crippen molar-refractivity contribution in [2.45, 2.75) is 32.1 Å². The monoisotopic (exact) mass is 225 g/mol. The zero-order chi connectivity index (χ0) is 11.6. The number of carbonyl (C=O) groups excluding carboxylic acids is 2. The molecule has 0 aromatic rings. The Hall–Kier alpha value is -0.900. The van der Waals surface area contributed by atoms with Crippen molar-refractivity contribution in [3.8, 4) is 0 Å². The van der Waals surface area contributed by atoms with Crippen molar-refractivity contribution < 1.29 is 14.3 Å². The third-order valence-corrected chi connectivity index (χ3v) is 3.68. The molecule has 1 heterocycles. The van der Waals surface area contributed by atoms with E-state index in [-0.39, 0.29) is 11.8 Å². The highest BCUT2D eigenvalue weighted by atomic mass is 16.5. The van der Waals surface area contributed by atoms with Crippen LogP contribution in [-0.4, -0.2) is 43.4 Å². The maximum Gasteiger partial charge on any atom is 0.319 e. The van der Waals surface area contributed by atoms with E-state index in [2.05, 4.69) is 4.90 Å². The Kier molecular flexibility index (Phi) is 3.28. The lowest BCUT2D eigenvalue weighted by atomic mass is 10.00. The highest BCUT2D eigenvalue weighted by Gasteiger charge is 2.57. The highest BCUT2D eigenvalue weighted by Crippen LogP contribution is 2.47. The van der Waals surface area contributed by atoms with Gasteiger partial charge in [0.15, 0.2) is 5.78 Å². The van der Waals surface area contributed by atoms with Crippen LogP contribution in [0.3, 0.4) is 0 Å². The zero-order valence-corrected chi connectivity index (χ0v) is 9.83. The molecule has 16 heavy (non-hydrogen) atoms. The number of piperidine rings is 1. The van der Waals surface area contributed by atoms with Crippen LogP contribution in [-0.2, 0) is 14.3 Å². The van der Waals surface area contributed by atoms with Crippen LogP contribution in [0.5, 0.6) is 0 Å². The number of rotatable bonds is 4. The van der Waals surface area contributed by atoms with E-state index in [0.29, 0.717) is 19.4 Å². The molecular formula is C12H19NO3. The number of ether oxygens (including phenoxy) is 1. The molecule has 1 saturated carbocycles. The van der Waals surface area contributed by atoms with Crippen molar-refractivity contribution >= 4 is 11.8 Å². The van der Waals surface area contributed by atoms with Gasteiger partial charge in [0.2, 0.25) is 0 Å². The van der Waals surface area contributed by atoms with Crippen LogP contribution in [0, 0.1) is 5.41 Å². The molecule has 90 valence electrons. The number of hydrogen-bond acceptors (Lipinski definition) is 4. The predicted octanol–water partition coefficient (Wildman–Crippen LogP) is 0.995. The molecule has 1 saturated heterocycles. The number of esters is 1. The number of nitrogens with zero attached hydrogens (tertiary/aromatic N) is 1. The molecule has 4 nitrogen and oxygen atoms in total. The standard InChI is InChI=1S/C12H19NO3/c1-16-11(15)12(5-6-12)10(14)9-13-7-3-2-4-8-13/h2-9H2,1H3. The predicted molar refractivity (Wildman–Crippen MR) is 59.0 cm³/mol. The number of Topliss-reactive ketones (excluding diaryl/α,β-unsaturated/α-hetero) is 1. The summed E-state index contributed by atoms with van der Waals surface area (Å²) in [4.78, 5) is 25.7. The van der Waals surface area contributed by atoms with Gasteiger partial charge in [0.1, 0.15) is 5.41 Å². The number of methoxy groups -OCH3 is 1. The molecule has 0 atom stereocenters. The van der Waals surface area contributed by atoms with E-state index < -0.39 is 5.41 Å². The molecule has 0 radical (unpaired) electrons. The summed E-state index contributed by atoms with van der Waals surface area (Å²) in [6.07, 6.45) is 4.93. The first kappa shape index (κ1) is 11.6. The molecular weight excluding hydrogens is 206 g/mol. The summed E-state index contributed by atoms with van der Waals surface area (Å²) in [5.41, 5.74) is -0.772. The fraction of sp³-hybridized carbons (Fsp3) is 0.833. The fourth-order valence-corrected chi connectivity index (χ4v) is 2.39. The lowest BCUT2D eigenvalue weighted by molar-refractivity contribution is -0.151. The van der Waals surface area contributed by atoms with E-state index in [9.17, 15) is 9.59 Å². The zero-order valence-electron chi connectivity index (χ0n) is 9.83. The lowest BCUT2D eigenvalue weighted by Crippen LogP contribution is -2.40. The molecule has 0 aromatic carbocycles. The van der Waals surface area contributed by atoms with Crippen molar-refractivity contribution in [1.29, 1.82) is 0 Å². The summed E-state index contributed by atoms with van der Waals surface area (Å²) in [7, 11) is 1.36. The van der Waals surface area contributed by atoms with Crippen LogP contribution in [0.15, 0.2) is 0 Å². The molecule has 1 aliphatic heterocycles. The normalized spacial score (nSPS) is 23.8. The van der Waals surface area contributed by atoms with Gasteiger partial charge in [-0.2, -0.15) is 0 Å². The summed E-state index contributed by atoms with van der Waals surface area (Å²) in [5, 5.41) is 0. The van der Waals surface area contributed by atoms with Gasteiger partial charge in [0.25, 0.3) is 0 Å². The Balaban J connectivity index is 1.90. The average Bonchev–Trinajstić information content (AvgIpc) is 3.10. The van der Waals surface area contributed by atoms with Gasteiger partial charge in [0, 0.05) is 0 Å². The van der Waals surface area contributed by atoms with E-state index in [0.717, 1.165) is 13.1 Å². The minimum Gasteiger partial charge on any atom is -0.468 e. The molecule has 0 aromatic heterocycles. The Morgan fingerprint density at radius 2 is 1.81 bits per heavy atom. The number of ketones is 1. The number of carbonyl (C=O) groups is 2. The van der Waals surface area contributed by atoms with Gasteiger partial charge in [-0.15, -0.1) is 0 Å². The molecule has 1 aliphatic carbocycles. The molecule has 0 unspecified atom stereocenters. The number of hydrogen-bond donors (Lipinski definition) is 0. The van der Waals surface area contributed by atoms with Gasteiger partial charge < -0.3 is 4.74 Å². The SMILES string of the molecule is COC(=O)C1(C(=O)CN2CCCCC2)CC1. The molecule has 2 aliphatic rings. The Bertz CT molecular complexity index is 291. The molecule has 0 N–H and O–H groups in total. The minimum atomic E-state index is -0.772. The fourth-order valence-electron chi connectivity index (χ4n) is 2.39. The van der Waals surface area contributed by atoms with Crippen LogP contribution < -0.4 is 0 Å². The van der Waals surface area contributed by atoms with E-state index >= 15 is 0 Å². The van der Waals surface area contributed by atoms with Gasteiger partial charge >= 0.3 is 5.97 Å². The van der Waals surface area contributed by atoms with Crippen LogP contribution in [0.25, 0.3) is 0 Å². The molecule has 0 amide bonds. The quantitative estimate of drug-likeness (QED) is 0.529. The topological polar surface area (TPSA) is 46.6 Å². The second kappa shape index (κ2) is 4.53. The van der Waals surface area contributed by atoms with E-state index in [1.54, 1.807) is 0 Å². The van der Waals surface area contributed by atoms with Gasteiger partial charge in [-0.1, -0.05) is 6.42 Å². The Morgan fingerprint density at radius 3 is 2.31 bits per heavy atom. The second-order valence-electron chi connectivity index (χ2n) is 4.83. The first-order chi connectivity index (χ1) is 7.69. The summed E-state index contributed by atoms with van der Waals surface area (Å²) >= 11 is 0. The summed E-state index contributed by atoms with van der Waals surface area (Å²) in [5.74, 6) is -0.282. The van der Waals surface area contributed by atoms with Crippen molar-refractivity contribution in [2.24, 2.45) is 5.41 Å². The minimum absolute atomic E-state index is 0.0567. The lowest BCUT2D eigenvalue weighted by Gasteiger charge is -2.26. The second-order valence-corrected chi connectivity index (χ2v) is 4.83. The third-order valence-electron chi connectivity index (χ3n) is 3.68. The van der Waals surface area contributed by atoms with Crippen LogP contribution >= 0.6 is 0 Å².